The van der Waals surface area contributed by atoms with Crippen LogP contribution in [0.1, 0.15) is 48.7 Å². The third-order valence-corrected chi connectivity index (χ3v) is 4.75. The van der Waals surface area contributed by atoms with Crippen molar-refractivity contribution in [2.45, 2.75) is 45.6 Å². The molecule has 0 saturated carbocycles. The van der Waals surface area contributed by atoms with Crippen molar-refractivity contribution in [2.24, 2.45) is 0 Å². The van der Waals surface area contributed by atoms with Crippen molar-refractivity contribution in [1.29, 1.82) is 0 Å². The van der Waals surface area contributed by atoms with Crippen LogP contribution in [-0.4, -0.2) is 45.9 Å². The van der Waals surface area contributed by atoms with Crippen molar-refractivity contribution in [2.75, 3.05) is 19.6 Å². The van der Waals surface area contributed by atoms with Crippen LogP contribution in [0.4, 0.5) is 0 Å². The van der Waals surface area contributed by atoms with E-state index in [0.29, 0.717) is 18.3 Å². The SMILES string of the molecule is CCC1CCCCN1CCNC(=O)c1cn2ccc(C)cc2n1. The monoisotopic (exact) mass is 314 g/mol. The van der Waals surface area contributed by atoms with Crippen LogP contribution in [0.3, 0.4) is 0 Å². The van der Waals surface area contributed by atoms with Crippen LogP contribution in [0.2, 0.25) is 0 Å². The minimum atomic E-state index is -0.0867. The van der Waals surface area contributed by atoms with Gasteiger partial charge in [0.15, 0.2) is 0 Å². The Morgan fingerprint density at radius 2 is 2.30 bits per heavy atom. The number of rotatable bonds is 5. The van der Waals surface area contributed by atoms with E-state index in [1.165, 1.54) is 25.7 Å². The van der Waals surface area contributed by atoms with Crippen LogP contribution in [0.15, 0.2) is 24.5 Å². The molecule has 1 atom stereocenters. The fourth-order valence-electron chi connectivity index (χ4n) is 3.41. The van der Waals surface area contributed by atoms with E-state index in [1.807, 2.05) is 29.7 Å². The van der Waals surface area contributed by atoms with E-state index in [-0.39, 0.29) is 5.91 Å². The number of nitrogens with zero attached hydrogens (tertiary/aromatic N) is 3. The summed E-state index contributed by atoms with van der Waals surface area (Å²) < 4.78 is 1.89. The number of hydrogen-bond donors (Lipinski definition) is 1. The van der Waals surface area contributed by atoms with Crippen molar-refractivity contribution in [1.82, 2.24) is 19.6 Å². The lowest BCUT2D eigenvalue weighted by molar-refractivity contribution is 0.0930. The van der Waals surface area contributed by atoms with Gasteiger partial charge in [0, 0.05) is 31.5 Å². The van der Waals surface area contributed by atoms with Gasteiger partial charge in [-0.25, -0.2) is 4.98 Å². The molecule has 1 amide bonds. The average Bonchev–Trinajstić information content (AvgIpc) is 2.98. The largest absolute Gasteiger partial charge is 0.349 e. The highest BCUT2D eigenvalue weighted by molar-refractivity contribution is 5.92. The third-order valence-electron chi connectivity index (χ3n) is 4.75. The molecule has 5 heteroatoms. The fourth-order valence-corrected chi connectivity index (χ4v) is 3.41. The van der Waals surface area contributed by atoms with Crippen LogP contribution in [0.25, 0.3) is 5.65 Å². The highest BCUT2D eigenvalue weighted by Gasteiger charge is 2.20. The van der Waals surface area contributed by atoms with Gasteiger partial charge in [0.05, 0.1) is 0 Å². The maximum Gasteiger partial charge on any atom is 0.271 e. The second kappa shape index (κ2) is 7.13. The van der Waals surface area contributed by atoms with Gasteiger partial charge in [-0.3, -0.25) is 9.69 Å². The van der Waals surface area contributed by atoms with Gasteiger partial charge < -0.3 is 9.72 Å². The van der Waals surface area contributed by atoms with Crippen LogP contribution >= 0.6 is 0 Å². The number of carbonyl (C=O) groups is 1. The zero-order chi connectivity index (χ0) is 16.2. The molecule has 2 aromatic rings. The predicted octanol–water partition coefficient (Wildman–Crippen LogP) is 2.64. The number of aromatic nitrogens is 2. The second-order valence-electron chi connectivity index (χ2n) is 6.45. The molecule has 1 N–H and O–H groups in total. The van der Waals surface area contributed by atoms with Crippen LogP contribution in [-0.2, 0) is 0 Å². The molecule has 1 unspecified atom stereocenters. The summed E-state index contributed by atoms with van der Waals surface area (Å²) in [5, 5.41) is 3.01. The first kappa shape index (κ1) is 16.0. The zero-order valence-electron chi connectivity index (χ0n) is 14.1. The number of fused-ring (bicyclic) bond motifs is 1. The van der Waals surface area contributed by atoms with Gasteiger partial charge in [-0.15, -0.1) is 0 Å². The molecule has 1 saturated heterocycles. The number of amides is 1. The van der Waals surface area contributed by atoms with Crippen LogP contribution in [0.5, 0.6) is 0 Å². The normalized spacial score (nSPS) is 19.1. The Labute approximate surface area is 137 Å². The molecular weight excluding hydrogens is 288 g/mol. The second-order valence-corrected chi connectivity index (χ2v) is 6.45. The summed E-state index contributed by atoms with van der Waals surface area (Å²) in [6.07, 6.45) is 8.82. The number of carbonyl (C=O) groups excluding carboxylic acids is 1. The Morgan fingerprint density at radius 3 is 3.13 bits per heavy atom. The molecule has 1 fully saturated rings. The fraction of sp³-hybridized carbons (Fsp3) is 0.556. The lowest BCUT2D eigenvalue weighted by Crippen LogP contribution is -2.43. The number of nitrogens with one attached hydrogen (secondary N) is 1. The maximum atomic E-state index is 12.3. The van der Waals surface area contributed by atoms with Crippen molar-refractivity contribution >= 4 is 11.6 Å². The standard InChI is InChI=1S/C18H26N4O/c1-3-15-6-4-5-9-21(15)11-8-19-18(23)16-13-22-10-7-14(2)12-17(22)20-16/h7,10,12-13,15H,3-6,8-9,11H2,1-2H3,(H,19,23). The Morgan fingerprint density at radius 1 is 1.43 bits per heavy atom. The Balaban J connectivity index is 1.56. The zero-order valence-corrected chi connectivity index (χ0v) is 14.1. The molecule has 3 heterocycles. The van der Waals surface area contributed by atoms with E-state index in [9.17, 15) is 4.79 Å². The smallest absolute Gasteiger partial charge is 0.271 e. The molecule has 5 nitrogen and oxygen atoms in total. The summed E-state index contributed by atoms with van der Waals surface area (Å²) in [6.45, 7) is 7.04. The lowest BCUT2D eigenvalue weighted by atomic mass is 10.0. The summed E-state index contributed by atoms with van der Waals surface area (Å²) in [5.41, 5.74) is 2.45. The molecule has 0 aliphatic carbocycles. The minimum Gasteiger partial charge on any atom is -0.349 e. The Kier molecular flexibility index (Phi) is 4.96. The summed E-state index contributed by atoms with van der Waals surface area (Å²) >= 11 is 0. The van der Waals surface area contributed by atoms with E-state index in [4.69, 9.17) is 0 Å². The van der Waals surface area contributed by atoms with Crippen LogP contribution < -0.4 is 5.32 Å². The van der Waals surface area contributed by atoms with E-state index in [1.54, 1.807) is 6.20 Å². The van der Waals surface area contributed by atoms with E-state index in [2.05, 4.69) is 22.1 Å². The molecule has 0 bridgehead atoms. The molecule has 1 aliphatic heterocycles. The van der Waals surface area contributed by atoms with Gasteiger partial charge in [-0.1, -0.05) is 13.3 Å². The molecule has 0 radical (unpaired) electrons. The predicted molar refractivity (Wildman–Crippen MR) is 91.8 cm³/mol. The molecule has 0 aromatic carbocycles. The summed E-state index contributed by atoms with van der Waals surface area (Å²) in [6, 6.07) is 4.67. The average molecular weight is 314 g/mol. The Bertz CT molecular complexity index is 679. The molecule has 124 valence electrons. The highest BCUT2D eigenvalue weighted by Crippen LogP contribution is 2.18. The first-order valence-corrected chi connectivity index (χ1v) is 8.65. The van der Waals surface area contributed by atoms with Gasteiger partial charge in [-0.05, 0) is 50.4 Å². The third kappa shape index (κ3) is 3.72. The van der Waals surface area contributed by atoms with E-state index in [0.717, 1.165) is 24.3 Å². The van der Waals surface area contributed by atoms with Gasteiger partial charge in [-0.2, -0.15) is 0 Å². The molecule has 1 aliphatic rings. The molecule has 0 spiro atoms. The summed E-state index contributed by atoms with van der Waals surface area (Å²) in [5.74, 6) is -0.0867. The van der Waals surface area contributed by atoms with Crippen molar-refractivity contribution in [3.63, 3.8) is 0 Å². The topological polar surface area (TPSA) is 49.6 Å². The van der Waals surface area contributed by atoms with Crippen molar-refractivity contribution in [3.8, 4) is 0 Å². The molecular formula is C18H26N4O. The van der Waals surface area contributed by atoms with E-state index < -0.39 is 0 Å². The number of pyridine rings is 1. The van der Waals surface area contributed by atoms with Gasteiger partial charge in [0.2, 0.25) is 0 Å². The van der Waals surface area contributed by atoms with Crippen molar-refractivity contribution < 1.29 is 4.79 Å². The summed E-state index contributed by atoms with van der Waals surface area (Å²) in [7, 11) is 0. The van der Waals surface area contributed by atoms with Gasteiger partial charge >= 0.3 is 0 Å². The number of hydrogen-bond acceptors (Lipinski definition) is 3. The van der Waals surface area contributed by atoms with Gasteiger partial charge in [0.25, 0.3) is 5.91 Å². The lowest BCUT2D eigenvalue weighted by Gasteiger charge is -2.35. The number of likely N-dealkylation sites (tertiary alicyclic amines) is 1. The first-order chi connectivity index (χ1) is 11.2. The van der Waals surface area contributed by atoms with Crippen molar-refractivity contribution in [3.05, 3.63) is 35.8 Å². The number of piperidine rings is 1. The molecule has 2 aromatic heterocycles. The molecule has 3 rings (SSSR count). The highest BCUT2D eigenvalue weighted by atomic mass is 16.1. The summed E-state index contributed by atoms with van der Waals surface area (Å²) in [4.78, 5) is 19.2. The van der Waals surface area contributed by atoms with E-state index >= 15 is 0 Å². The number of imidazole rings is 1. The quantitative estimate of drug-likeness (QED) is 0.923. The first-order valence-electron chi connectivity index (χ1n) is 8.65. The van der Waals surface area contributed by atoms with Gasteiger partial charge in [0.1, 0.15) is 11.3 Å². The van der Waals surface area contributed by atoms with Crippen LogP contribution in [0, 0.1) is 6.92 Å². The molecule has 23 heavy (non-hydrogen) atoms. The maximum absolute atomic E-state index is 12.3. The number of aryl methyl sites for hydroxylation is 1. The Hall–Kier alpha value is -1.88. The minimum absolute atomic E-state index is 0.0867.